The molecule has 0 saturated carbocycles. The fraction of sp³-hybridized carbons (Fsp3) is 0.529. The van der Waals surface area contributed by atoms with Gasteiger partial charge < -0.3 is 4.74 Å². The Morgan fingerprint density at radius 2 is 1.56 bits per heavy atom. The highest BCUT2D eigenvalue weighted by Gasteiger charge is 2.30. The van der Waals surface area contributed by atoms with Crippen LogP contribution in [-0.4, -0.2) is 33.5 Å². The van der Waals surface area contributed by atoms with Crippen LogP contribution in [0.1, 0.15) is 47.5 Å². The molecule has 25 heavy (non-hydrogen) atoms. The first kappa shape index (κ1) is 20.6. The number of carbonyl (C=O) groups excluding carboxylic acids is 2. The summed E-state index contributed by atoms with van der Waals surface area (Å²) in [5.41, 5.74) is -0.206. The number of rotatable bonds is 4. The van der Waals surface area contributed by atoms with Gasteiger partial charge in [-0.2, -0.15) is 5.06 Å². The van der Waals surface area contributed by atoms with Crippen LogP contribution < -0.4 is 4.74 Å². The van der Waals surface area contributed by atoms with Crippen LogP contribution in [0.5, 0.6) is 5.75 Å². The highest BCUT2D eigenvalue weighted by Crippen LogP contribution is 2.21. The zero-order valence-electron chi connectivity index (χ0n) is 15.1. The van der Waals surface area contributed by atoms with E-state index in [1.54, 1.807) is 26.0 Å². The van der Waals surface area contributed by atoms with Crippen LogP contribution in [0.25, 0.3) is 0 Å². The minimum Gasteiger partial charge on any atom is -0.488 e. The largest absolute Gasteiger partial charge is 0.488 e. The molecule has 1 fully saturated rings. The predicted molar refractivity (Wildman–Crippen MR) is 90.8 cm³/mol. The quantitative estimate of drug-likeness (QED) is 0.468. The topological polar surface area (TPSA) is 99.0 Å². The van der Waals surface area contributed by atoms with Crippen molar-refractivity contribution in [2.24, 2.45) is 0 Å². The summed E-state index contributed by atoms with van der Waals surface area (Å²) in [7, 11) is 0. The van der Waals surface area contributed by atoms with Gasteiger partial charge in [-0.15, -0.1) is 0 Å². The molecule has 0 aliphatic carbocycles. The zero-order valence-corrected chi connectivity index (χ0v) is 15.1. The summed E-state index contributed by atoms with van der Waals surface area (Å²) in [5, 5.41) is 11.2. The predicted octanol–water partition coefficient (Wildman–Crippen LogP) is 3.25. The monoisotopic (exact) mass is 352 g/mol. The minimum atomic E-state index is -0.430. The van der Waals surface area contributed by atoms with E-state index in [0.29, 0.717) is 5.75 Å². The summed E-state index contributed by atoms with van der Waals surface area (Å²) in [4.78, 5) is 36.7. The summed E-state index contributed by atoms with van der Waals surface area (Å²) in [6.45, 7) is 9.33. The van der Waals surface area contributed by atoms with E-state index in [9.17, 15) is 19.7 Å². The van der Waals surface area contributed by atoms with Crippen LogP contribution in [0.15, 0.2) is 24.3 Å². The number of nitrogens with zero attached hydrogens (tertiary/aromatic N) is 2. The lowest BCUT2D eigenvalue weighted by molar-refractivity contribution is -0.384. The molecule has 0 radical (unpaired) electrons. The van der Waals surface area contributed by atoms with Crippen molar-refractivity contribution in [3.63, 3.8) is 0 Å². The first-order valence-corrected chi connectivity index (χ1v) is 7.95. The van der Waals surface area contributed by atoms with E-state index in [1.165, 1.54) is 12.1 Å². The third-order valence-electron chi connectivity index (χ3n) is 2.79. The van der Waals surface area contributed by atoms with Crippen molar-refractivity contribution < 1.29 is 24.1 Å². The second-order valence-corrected chi connectivity index (χ2v) is 6.70. The molecular weight excluding hydrogens is 328 g/mol. The molecule has 1 heterocycles. The number of hydrogen-bond acceptors (Lipinski definition) is 6. The molecule has 1 saturated heterocycles. The van der Waals surface area contributed by atoms with E-state index in [0.717, 1.165) is 5.06 Å². The number of hydrogen-bond donors (Lipinski definition) is 0. The van der Waals surface area contributed by atoms with Gasteiger partial charge in [0.1, 0.15) is 11.4 Å². The number of non-ortho nitro benzene ring substituents is 1. The van der Waals surface area contributed by atoms with Crippen molar-refractivity contribution in [2.45, 2.75) is 59.2 Å². The van der Waals surface area contributed by atoms with E-state index in [2.05, 4.69) is 0 Å². The second kappa shape index (κ2) is 8.57. The standard InChI is InChI=1S/C10H13NO3.C7H11NO3/c1-10(2,3)14-9-6-4-8(5-7-9)11(12)13;1-5(2)11-8-6(9)3-4-7(8)10/h4-7H,1-3H3;5H,3-4H2,1-2H3. The lowest BCUT2D eigenvalue weighted by Crippen LogP contribution is -2.31. The van der Waals surface area contributed by atoms with Gasteiger partial charge in [-0.25, -0.2) is 0 Å². The molecule has 1 aromatic rings. The molecule has 8 nitrogen and oxygen atoms in total. The maximum Gasteiger partial charge on any atom is 0.269 e. The lowest BCUT2D eigenvalue weighted by atomic mass is 10.2. The van der Waals surface area contributed by atoms with Crippen molar-refractivity contribution in [3.8, 4) is 5.75 Å². The van der Waals surface area contributed by atoms with Crippen molar-refractivity contribution in [1.29, 1.82) is 0 Å². The molecule has 2 rings (SSSR count). The highest BCUT2D eigenvalue weighted by atomic mass is 16.7. The van der Waals surface area contributed by atoms with Crippen molar-refractivity contribution >= 4 is 17.5 Å². The Labute approximate surface area is 146 Å². The minimum absolute atomic E-state index is 0.0752. The van der Waals surface area contributed by atoms with E-state index in [-0.39, 0.29) is 42.0 Å². The van der Waals surface area contributed by atoms with Gasteiger partial charge in [-0.05, 0) is 46.8 Å². The Morgan fingerprint density at radius 3 is 1.92 bits per heavy atom. The number of nitro benzene ring substituents is 1. The third-order valence-corrected chi connectivity index (χ3v) is 2.79. The number of amides is 2. The zero-order chi connectivity index (χ0) is 19.2. The average molecular weight is 352 g/mol. The first-order valence-electron chi connectivity index (χ1n) is 7.95. The fourth-order valence-electron chi connectivity index (χ4n) is 1.87. The Kier molecular flexibility index (Phi) is 7.05. The molecule has 138 valence electrons. The summed E-state index contributed by atoms with van der Waals surface area (Å²) < 4.78 is 5.51. The molecule has 2 amide bonds. The molecule has 8 heteroatoms. The normalized spacial score (nSPS) is 14.4. The summed E-state index contributed by atoms with van der Waals surface area (Å²) >= 11 is 0. The maximum absolute atomic E-state index is 10.9. The Morgan fingerprint density at radius 1 is 1.08 bits per heavy atom. The number of hydroxylamine groups is 2. The van der Waals surface area contributed by atoms with Gasteiger partial charge in [-0.1, -0.05) is 0 Å². The fourth-order valence-corrected chi connectivity index (χ4v) is 1.87. The van der Waals surface area contributed by atoms with Crippen LogP contribution in [-0.2, 0) is 14.4 Å². The van der Waals surface area contributed by atoms with Gasteiger partial charge >= 0.3 is 0 Å². The van der Waals surface area contributed by atoms with E-state index < -0.39 is 4.92 Å². The third kappa shape index (κ3) is 7.30. The SMILES string of the molecule is CC(C)(C)Oc1ccc([N+](=O)[O-])cc1.CC(C)ON1C(=O)CCC1=O. The summed E-state index contributed by atoms with van der Waals surface area (Å²) in [6.07, 6.45) is 0.443. The van der Waals surface area contributed by atoms with E-state index in [1.807, 2.05) is 20.8 Å². The molecule has 0 atom stereocenters. The smallest absolute Gasteiger partial charge is 0.269 e. The number of nitro groups is 1. The van der Waals surface area contributed by atoms with Crippen molar-refractivity contribution in [2.75, 3.05) is 0 Å². The lowest BCUT2D eigenvalue weighted by Gasteiger charge is -2.20. The number of ether oxygens (including phenoxy) is 1. The second-order valence-electron chi connectivity index (χ2n) is 6.70. The van der Waals surface area contributed by atoms with Crippen LogP contribution in [0.2, 0.25) is 0 Å². The Balaban J connectivity index is 0.000000257. The van der Waals surface area contributed by atoms with Gasteiger partial charge in [0.15, 0.2) is 0 Å². The maximum atomic E-state index is 10.9. The van der Waals surface area contributed by atoms with Gasteiger partial charge in [0, 0.05) is 25.0 Å². The number of imide groups is 1. The van der Waals surface area contributed by atoms with Gasteiger partial charge in [-0.3, -0.25) is 24.5 Å². The number of carbonyl (C=O) groups is 2. The molecule has 0 unspecified atom stereocenters. The van der Waals surface area contributed by atoms with Gasteiger partial charge in [0.2, 0.25) is 0 Å². The molecule has 0 N–H and O–H groups in total. The van der Waals surface area contributed by atoms with Gasteiger partial charge in [0.25, 0.3) is 17.5 Å². The average Bonchev–Trinajstić information content (AvgIpc) is 2.78. The number of benzene rings is 1. The van der Waals surface area contributed by atoms with Gasteiger partial charge in [0.05, 0.1) is 11.0 Å². The van der Waals surface area contributed by atoms with Crippen LogP contribution in [0.3, 0.4) is 0 Å². The summed E-state index contributed by atoms with van der Waals surface area (Å²) in [5.74, 6) is 0.176. The summed E-state index contributed by atoms with van der Waals surface area (Å²) in [6, 6.07) is 6.06. The molecular formula is C17H24N2O6. The molecule has 0 aromatic heterocycles. The van der Waals surface area contributed by atoms with Crippen molar-refractivity contribution in [3.05, 3.63) is 34.4 Å². The Bertz CT molecular complexity index is 603. The van der Waals surface area contributed by atoms with E-state index >= 15 is 0 Å². The first-order chi connectivity index (χ1) is 11.5. The molecule has 1 aliphatic rings. The molecule has 1 aliphatic heterocycles. The highest BCUT2D eigenvalue weighted by molar-refractivity contribution is 6.00. The van der Waals surface area contributed by atoms with Crippen LogP contribution in [0, 0.1) is 10.1 Å². The van der Waals surface area contributed by atoms with Crippen LogP contribution in [0.4, 0.5) is 5.69 Å². The molecule has 0 bridgehead atoms. The molecule has 1 aromatic carbocycles. The van der Waals surface area contributed by atoms with Crippen molar-refractivity contribution in [1.82, 2.24) is 5.06 Å². The van der Waals surface area contributed by atoms with Crippen LogP contribution >= 0.6 is 0 Å². The van der Waals surface area contributed by atoms with E-state index in [4.69, 9.17) is 9.57 Å². The molecule has 0 spiro atoms. The Hall–Kier alpha value is -2.48.